The molecule has 0 N–H and O–H groups in total. The van der Waals surface area contributed by atoms with Gasteiger partial charge in [-0.15, -0.1) is 0 Å². The van der Waals surface area contributed by atoms with Crippen LogP contribution in [-0.4, -0.2) is 0 Å². The summed E-state index contributed by atoms with van der Waals surface area (Å²) in [5.74, 6) is -0.186. The number of hydrogen-bond donors (Lipinski definition) is 0. The molecule has 0 aliphatic heterocycles. The lowest BCUT2D eigenvalue weighted by atomic mass is 10.2. The van der Waals surface area contributed by atoms with Crippen LogP contribution in [0.3, 0.4) is 0 Å². The predicted octanol–water partition coefficient (Wildman–Crippen LogP) is 3.34. The van der Waals surface area contributed by atoms with E-state index >= 15 is 0 Å². The Hall–Kier alpha value is -1.87. The van der Waals surface area contributed by atoms with Crippen LogP contribution in [0, 0.1) is 5.82 Å². The van der Waals surface area contributed by atoms with Gasteiger partial charge in [-0.2, -0.15) is 0 Å². The van der Waals surface area contributed by atoms with E-state index < -0.39 is 12.4 Å². The summed E-state index contributed by atoms with van der Waals surface area (Å²) < 4.78 is 18.8. The molecule has 0 fully saturated rings. The molecule has 0 heterocycles. The smallest absolute Gasteiger partial charge is 0.132 e. The van der Waals surface area contributed by atoms with Gasteiger partial charge in [-0.1, -0.05) is 36.4 Å². The van der Waals surface area contributed by atoms with Crippen LogP contribution in [0.15, 0.2) is 48.5 Å². The average Bonchev–Trinajstić information content (AvgIpc) is 2.37. The first-order valence-electron chi connectivity index (χ1n) is 5.33. The van der Waals surface area contributed by atoms with E-state index in [4.69, 9.17) is 4.74 Å². The van der Waals surface area contributed by atoms with Crippen LogP contribution < -0.4 is 4.74 Å². The maximum Gasteiger partial charge on any atom is 0.132 e. The van der Waals surface area contributed by atoms with Crippen molar-refractivity contribution in [1.29, 1.82) is 0 Å². The van der Waals surface area contributed by atoms with Crippen molar-refractivity contribution in [1.82, 2.24) is 0 Å². The topological polar surface area (TPSA) is 29.1 Å². The fourth-order valence-electron chi connectivity index (χ4n) is 1.55. The van der Waals surface area contributed by atoms with E-state index in [1.54, 1.807) is 6.07 Å². The van der Waals surface area contributed by atoms with Crippen LogP contribution in [0.4, 0.5) is 4.39 Å². The largest absolute Gasteiger partial charge is 0.488 e. The SMILES string of the molecule is [O]Cc1c(F)cccc1OCc1ccccc1. The third kappa shape index (κ3) is 2.82. The van der Waals surface area contributed by atoms with Gasteiger partial charge in [0.2, 0.25) is 0 Å². The van der Waals surface area contributed by atoms with Crippen LogP contribution in [0.25, 0.3) is 0 Å². The number of hydrogen-bond acceptors (Lipinski definition) is 1. The van der Waals surface area contributed by atoms with Crippen molar-refractivity contribution in [3.63, 3.8) is 0 Å². The molecule has 0 aromatic heterocycles. The lowest BCUT2D eigenvalue weighted by Gasteiger charge is -2.10. The molecule has 87 valence electrons. The van der Waals surface area contributed by atoms with Crippen molar-refractivity contribution in [2.24, 2.45) is 0 Å². The Balaban J connectivity index is 2.12. The van der Waals surface area contributed by atoms with Gasteiger partial charge >= 0.3 is 0 Å². The molecule has 0 amide bonds. The molecule has 17 heavy (non-hydrogen) atoms. The first-order valence-corrected chi connectivity index (χ1v) is 5.33. The van der Waals surface area contributed by atoms with Gasteiger partial charge in [0.15, 0.2) is 0 Å². The summed E-state index contributed by atoms with van der Waals surface area (Å²) in [5, 5.41) is 10.9. The molecular formula is C14H12FO2. The third-order valence-electron chi connectivity index (χ3n) is 2.46. The highest BCUT2D eigenvalue weighted by molar-refractivity contribution is 5.34. The van der Waals surface area contributed by atoms with E-state index in [1.165, 1.54) is 12.1 Å². The zero-order valence-corrected chi connectivity index (χ0v) is 9.23. The zero-order valence-electron chi connectivity index (χ0n) is 9.23. The van der Waals surface area contributed by atoms with E-state index in [9.17, 15) is 9.50 Å². The molecule has 0 saturated carbocycles. The van der Waals surface area contributed by atoms with Crippen molar-refractivity contribution in [2.75, 3.05) is 0 Å². The summed E-state index contributed by atoms with van der Waals surface area (Å²) in [7, 11) is 0. The predicted molar refractivity (Wildman–Crippen MR) is 61.6 cm³/mol. The Morgan fingerprint density at radius 1 is 1.00 bits per heavy atom. The van der Waals surface area contributed by atoms with Gasteiger partial charge < -0.3 is 4.74 Å². The van der Waals surface area contributed by atoms with Gasteiger partial charge in [-0.05, 0) is 17.7 Å². The molecule has 2 rings (SSSR count). The summed E-state index contributed by atoms with van der Waals surface area (Å²) in [6.07, 6.45) is 0. The minimum Gasteiger partial charge on any atom is -0.488 e. The maximum atomic E-state index is 13.3. The first-order chi connectivity index (χ1) is 8.31. The summed E-state index contributed by atoms with van der Waals surface area (Å²) in [4.78, 5) is 0. The van der Waals surface area contributed by atoms with Gasteiger partial charge in [0.05, 0.1) is 5.56 Å². The molecule has 0 atom stereocenters. The van der Waals surface area contributed by atoms with Crippen molar-refractivity contribution < 1.29 is 14.2 Å². The minimum absolute atomic E-state index is 0.0865. The van der Waals surface area contributed by atoms with E-state index in [0.29, 0.717) is 12.4 Å². The van der Waals surface area contributed by atoms with E-state index in [-0.39, 0.29) is 5.56 Å². The van der Waals surface area contributed by atoms with Gasteiger partial charge in [0.1, 0.15) is 24.8 Å². The maximum absolute atomic E-state index is 13.3. The van der Waals surface area contributed by atoms with E-state index in [1.807, 2.05) is 30.3 Å². The Labute approximate surface area is 99.3 Å². The van der Waals surface area contributed by atoms with Gasteiger partial charge in [0.25, 0.3) is 0 Å². The van der Waals surface area contributed by atoms with Crippen molar-refractivity contribution in [2.45, 2.75) is 13.2 Å². The minimum atomic E-state index is -0.614. The van der Waals surface area contributed by atoms with Crippen LogP contribution in [0.5, 0.6) is 5.75 Å². The van der Waals surface area contributed by atoms with Crippen molar-refractivity contribution in [3.8, 4) is 5.75 Å². The molecule has 0 unspecified atom stereocenters. The summed E-state index contributed by atoms with van der Waals surface area (Å²) in [6, 6.07) is 14.0. The highest BCUT2D eigenvalue weighted by atomic mass is 19.1. The number of benzene rings is 2. The van der Waals surface area contributed by atoms with Crippen LogP contribution in [-0.2, 0) is 18.3 Å². The molecular weight excluding hydrogens is 219 g/mol. The number of halogens is 1. The number of ether oxygens (including phenoxy) is 1. The summed E-state index contributed by atoms with van der Waals surface area (Å²) >= 11 is 0. The Morgan fingerprint density at radius 2 is 1.76 bits per heavy atom. The third-order valence-corrected chi connectivity index (χ3v) is 2.46. The second-order valence-corrected chi connectivity index (χ2v) is 3.64. The molecule has 2 aromatic carbocycles. The molecule has 1 radical (unpaired) electrons. The average molecular weight is 231 g/mol. The monoisotopic (exact) mass is 231 g/mol. The second-order valence-electron chi connectivity index (χ2n) is 3.64. The normalized spacial score (nSPS) is 10.2. The molecule has 0 saturated heterocycles. The van der Waals surface area contributed by atoms with Crippen molar-refractivity contribution in [3.05, 3.63) is 65.5 Å². The lowest BCUT2D eigenvalue weighted by Crippen LogP contribution is -2.00. The summed E-state index contributed by atoms with van der Waals surface area (Å²) in [5.41, 5.74) is 1.07. The highest BCUT2D eigenvalue weighted by Gasteiger charge is 2.08. The van der Waals surface area contributed by atoms with Crippen LogP contribution in [0.2, 0.25) is 0 Å². The summed E-state index contributed by atoms with van der Waals surface area (Å²) in [6.45, 7) is -0.284. The Bertz CT molecular complexity index is 483. The van der Waals surface area contributed by atoms with Crippen LogP contribution >= 0.6 is 0 Å². The van der Waals surface area contributed by atoms with Gasteiger partial charge in [-0.25, -0.2) is 9.50 Å². The quantitative estimate of drug-likeness (QED) is 0.793. The van der Waals surface area contributed by atoms with Gasteiger partial charge in [0, 0.05) is 0 Å². The Kier molecular flexibility index (Phi) is 3.73. The zero-order chi connectivity index (χ0) is 12.1. The fraction of sp³-hybridized carbons (Fsp3) is 0.143. The first kappa shape index (κ1) is 11.6. The molecule has 0 spiro atoms. The van der Waals surface area contributed by atoms with E-state index in [0.717, 1.165) is 5.56 Å². The van der Waals surface area contributed by atoms with Gasteiger partial charge in [-0.3, -0.25) is 0 Å². The standard InChI is InChI=1S/C14H12FO2/c15-13-7-4-8-14(12(13)9-16)17-10-11-5-2-1-3-6-11/h1-8H,9-10H2. The van der Waals surface area contributed by atoms with E-state index in [2.05, 4.69) is 0 Å². The molecule has 0 bridgehead atoms. The fourth-order valence-corrected chi connectivity index (χ4v) is 1.55. The molecule has 0 aliphatic rings. The lowest BCUT2D eigenvalue weighted by molar-refractivity contribution is 0.167. The second kappa shape index (κ2) is 5.46. The van der Waals surface area contributed by atoms with Crippen molar-refractivity contribution >= 4 is 0 Å². The molecule has 3 heteroatoms. The number of rotatable bonds is 4. The highest BCUT2D eigenvalue weighted by Crippen LogP contribution is 2.22. The Morgan fingerprint density at radius 3 is 2.47 bits per heavy atom. The van der Waals surface area contributed by atoms with Crippen LogP contribution in [0.1, 0.15) is 11.1 Å². The molecule has 2 nitrogen and oxygen atoms in total. The molecule has 0 aliphatic carbocycles. The molecule has 2 aromatic rings.